The summed E-state index contributed by atoms with van der Waals surface area (Å²) in [6.07, 6.45) is 0. The van der Waals surface area contributed by atoms with Gasteiger partial charge in [-0.1, -0.05) is 6.07 Å². The van der Waals surface area contributed by atoms with Crippen molar-refractivity contribution in [3.05, 3.63) is 22.4 Å². The predicted octanol–water partition coefficient (Wildman–Crippen LogP) is 1.48. The molecule has 4 nitrogen and oxygen atoms in total. The molecule has 1 atom stereocenters. The van der Waals surface area contributed by atoms with Crippen LogP contribution in [0.1, 0.15) is 10.9 Å². The fourth-order valence-electron chi connectivity index (χ4n) is 2.04. The van der Waals surface area contributed by atoms with Crippen molar-refractivity contribution < 1.29 is 9.53 Å². The lowest BCUT2D eigenvalue weighted by Gasteiger charge is -2.34. The van der Waals surface area contributed by atoms with Crippen LogP contribution in [-0.2, 0) is 9.53 Å². The second kappa shape index (κ2) is 7.09. The summed E-state index contributed by atoms with van der Waals surface area (Å²) in [5, 5.41) is 4.93. The molecule has 1 amide bonds. The number of nitrogens with zero attached hydrogens (tertiary/aromatic N) is 1. The van der Waals surface area contributed by atoms with E-state index in [1.807, 2.05) is 6.07 Å². The van der Waals surface area contributed by atoms with Gasteiger partial charge in [-0.2, -0.15) is 0 Å². The van der Waals surface area contributed by atoms with Gasteiger partial charge >= 0.3 is 0 Å². The standard InChI is InChI=1S/C12H17ClN2O2S/c13-8-12(16)14-9-10(11-2-1-7-18-11)15-3-5-17-6-4-15/h1-2,7,10H,3-6,8-9H2,(H,14,16). The lowest BCUT2D eigenvalue weighted by atomic mass is 10.2. The molecule has 0 spiro atoms. The first-order valence-electron chi connectivity index (χ1n) is 5.99. The van der Waals surface area contributed by atoms with Crippen LogP contribution < -0.4 is 5.32 Å². The third-order valence-electron chi connectivity index (χ3n) is 2.97. The number of thiophene rings is 1. The maximum atomic E-state index is 11.3. The van der Waals surface area contributed by atoms with Crippen molar-refractivity contribution in [2.24, 2.45) is 0 Å². The number of hydrogen-bond donors (Lipinski definition) is 1. The number of amides is 1. The summed E-state index contributed by atoms with van der Waals surface area (Å²) in [6.45, 7) is 3.92. The highest BCUT2D eigenvalue weighted by Gasteiger charge is 2.23. The van der Waals surface area contributed by atoms with Crippen molar-refractivity contribution in [1.82, 2.24) is 10.2 Å². The zero-order valence-corrected chi connectivity index (χ0v) is 11.7. The monoisotopic (exact) mass is 288 g/mol. The van der Waals surface area contributed by atoms with Gasteiger partial charge in [0.05, 0.1) is 19.3 Å². The molecule has 0 aliphatic carbocycles. The molecule has 1 aliphatic rings. The van der Waals surface area contributed by atoms with Crippen molar-refractivity contribution >= 4 is 28.8 Å². The number of rotatable bonds is 5. The van der Waals surface area contributed by atoms with E-state index < -0.39 is 0 Å². The fourth-order valence-corrected chi connectivity index (χ4v) is 2.99. The number of morpholine rings is 1. The molecule has 18 heavy (non-hydrogen) atoms. The summed E-state index contributed by atoms with van der Waals surface area (Å²) in [6, 6.07) is 4.37. The first kappa shape index (κ1) is 13.8. The lowest BCUT2D eigenvalue weighted by Crippen LogP contribution is -2.43. The minimum atomic E-state index is -0.119. The Labute approximate surface area is 116 Å². The van der Waals surface area contributed by atoms with Gasteiger partial charge in [-0.15, -0.1) is 22.9 Å². The molecular formula is C12H17ClN2O2S. The molecule has 1 N–H and O–H groups in total. The molecule has 6 heteroatoms. The number of alkyl halides is 1. The third-order valence-corrected chi connectivity index (χ3v) is 4.19. The smallest absolute Gasteiger partial charge is 0.234 e. The van der Waals surface area contributed by atoms with Crippen LogP contribution >= 0.6 is 22.9 Å². The van der Waals surface area contributed by atoms with Crippen LogP contribution in [0.2, 0.25) is 0 Å². The number of hydrogen-bond acceptors (Lipinski definition) is 4. The van der Waals surface area contributed by atoms with Gasteiger partial charge < -0.3 is 10.1 Å². The minimum Gasteiger partial charge on any atom is -0.379 e. The molecule has 0 bridgehead atoms. The van der Waals surface area contributed by atoms with Crippen LogP contribution in [0.4, 0.5) is 0 Å². The van der Waals surface area contributed by atoms with Gasteiger partial charge in [0, 0.05) is 24.5 Å². The Kier molecular flexibility index (Phi) is 5.44. The number of carbonyl (C=O) groups excluding carboxylic acids is 1. The van der Waals surface area contributed by atoms with E-state index in [1.54, 1.807) is 11.3 Å². The van der Waals surface area contributed by atoms with E-state index in [1.165, 1.54) is 4.88 Å². The largest absolute Gasteiger partial charge is 0.379 e. The molecule has 1 aliphatic heterocycles. The second-order valence-electron chi connectivity index (χ2n) is 4.12. The Morgan fingerprint density at radius 2 is 2.33 bits per heavy atom. The molecule has 1 saturated heterocycles. The maximum absolute atomic E-state index is 11.3. The number of nitrogens with one attached hydrogen (secondary N) is 1. The van der Waals surface area contributed by atoms with Gasteiger partial charge in [-0.25, -0.2) is 0 Å². The molecule has 0 aromatic carbocycles. The van der Waals surface area contributed by atoms with Crippen LogP contribution in [0.3, 0.4) is 0 Å². The Morgan fingerprint density at radius 3 is 2.94 bits per heavy atom. The lowest BCUT2D eigenvalue weighted by molar-refractivity contribution is -0.119. The zero-order chi connectivity index (χ0) is 12.8. The average molecular weight is 289 g/mol. The Hall–Kier alpha value is -0.620. The van der Waals surface area contributed by atoms with Crippen molar-refractivity contribution in [2.75, 3.05) is 38.7 Å². The van der Waals surface area contributed by atoms with E-state index in [0.29, 0.717) is 6.54 Å². The van der Waals surface area contributed by atoms with Crippen LogP contribution in [0, 0.1) is 0 Å². The maximum Gasteiger partial charge on any atom is 0.234 e. The van der Waals surface area contributed by atoms with Gasteiger partial charge in [-0.3, -0.25) is 9.69 Å². The second-order valence-corrected chi connectivity index (χ2v) is 5.36. The Balaban J connectivity index is 2.00. The Bertz CT molecular complexity index is 366. The van der Waals surface area contributed by atoms with Gasteiger partial charge in [0.1, 0.15) is 5.88 Å². The zero-order valence-electron chi connectivity index (χ0n) is 10.1. The van der Waals surface area contributed by atoms with E-state index in [2.05, 4.69) is 21.7 Å². The van der Waals surface area contributed by atoms with Crippen molar-refractivity contribution in [3.63, 3.8) is 0 Å². The van der Waals surface area contributed by atoms with Crippen molar-refractivity contribution in [3.8, 4) is 0 Å². The molecule has 1 unspecified atom stereocenters. The summed E-state index contributed by atoms with van der Waals surface area (Å²) in [5.41, 5.74) is 0. The first-order valence-corrected chi connectivity index (χ1v) is 7.40. The summed E-state index contributed by atoms with van der Waals surface area (Å²) in [4.78, 5) is 14.9. The van der Waals surface area contributed by atoms with E-state index in [0.717, 1.165) is 26.3 Å². The van der Waals surface area contributed by atoms with Gasteiger partial charge in [0.15, 0.2) is 0 Å². The minimum absolute atomic E-state index is 0.0142. The molecule has 2 heterocycles. The SMILES string of the molecule is O=C(CCl)NCC(c1cccs1)N1CCOCC1. The molecular weight excluding hydrogens is 272 g/mol. The number of halogens is 1. The topological polar surface area (TPSA) is 41.6 Å². The molecule has 1 aromatic heterocycles. The van der Waals surface area contributed by atoms with E-state index in [4.69, 9.17) is 16.3 Å². The quantitative estimate of drug-likeness (QED) is 0.835. The first-order chi connectivity index (χ1) is 8.81. The van der Waals surface area contributed by atoms with E-state index in [-0.39, 0.29) is 17.8 Å². The molecule has 100 valence electrons. The van der Waals surface area contributed by atoms with Crippen LogP contribution in [0.5, 0.6) is 0 Å². The van der Waals surface area contributed by atoms with Crippen LogP contribution in [0.25, 0.3) is 0 Å². The van der Waals surface area contributed by atoms with Crippen LogP contribution in [0.15, 0.2) is 17.5 Å². The van der Waals surface area contributed by atoms with Crippen molar-refractivity contribution in [1.29, 1.82) is 0 Å². The van der Waals surface area contributed by atoms with E-state index in [9.17, 15) is 4.79 Å². The van der Waals surface area contributed by atoms with Crippen molar-refractivity contribution in [2.45, 2.75) is 6.04 Å². The van der Waals surface area contributed by atoms with Gasteiger partial charge in [0.2, 0.25) is 5.91 Å². The van der Waals surface area contributed by atoms with Gasteiger partial charge in [0.25, 0.3) is 0 Å². The normalized spacial score (nSPS) is 18.5. The highest BCUT2D eigenvalue weighted by molar-refractivity contribution is 7.10. The molecule has 2 rings (SSSR count). The molecule has 0 radical (unpaired) electrons. The number of carbonyl (C=O) groups is 1. The van der Waals surface area contributed by atoms with Crippen LogP contribution in [-0.4, -0.2) is 49.5 Å². The summed E-state index contributed by atoms with van der Waals surface area (Å²) < 4.78 is 5.37. The molecule has 0 saturated carbocycles. The summed E-state index contributed by atoms with van der Waals surface area (Å²) in [7, 11) is 0. The third kappa shape index (κ3) is 3.68. The van der Waals surface area contributed by atoms with Gasteiger partial charge in [-0.05, 0) is 11.4 Å². The molecule has 1 fully saturated rings. The molecule has 1 aromatic rings. The fraction of sp³-hybridized carbons (Fsp3) is 0.583. The summed E-state index contributed by atoms with van der Waals surface area (Å²) >= 11 is 7.22. The van der Waals surface area contributed by atoms with E-state index >= 15 is 0 Å². The summed E-state index contributed by atoms with van der Waals surface area (Å²) in [5.74, 6) is -0.105. The average Bonchev–Trinajstić information content (AvgIpc) is 2.94. The number of ether oxygens (including phenoxy) is 1. The predicted molar refractivity (Wildman–Crippen MR) is 73.2 cm³/mol. The Morgan fingerprint density at radius 1 is 1.56 bits per heavy atom. The highest BCUT2D eigenvalue weighted by atomic mass is 35.5. The highest BCUT2D eigenvalue weighted by Crippen LogP contribution is 2.25.